The Balaban J connectivity index is 2.08. The van der Waals surface area contributed by atoms with E-state index >= 15 is 0 Å². The summed E-state index contributed by atoms with van der Waals surface area (Å²) in [6, 6.07) is 10.1. The van der Waals surface area contributed by atoms with E-state index in [2.05, 4.69) is 17.0 Å². The number of nitrogens with zero attached hydrogens (tertiary/aromatic N) is 1. The predicted octanol–water partition coefficient (Wildman–Crippen LogP) is 1.43. The van der Waals surface area contributed by atoms with Crippen LogP contribution < -0.4 is 0 Å². The van der Waals surface area contributed by atoms with Gasteiger partial charge in [0.2, 0.25) is 0 Å². The van der Waals surface area contributed by atoms with Crippen molar-refractivity contribution in [2.75, 3.05) is 13.7 Å². The number of carbonyl (C=O) groups excluding carboxylic acids is 1. The molecule has 2 rings (SSSR count). The third kappa shape index (κ3) is 3.14. The fourth-order valence-corrected chi connectivity index (χ4v) is 2.76. The average molecular weight is 263 g/mol. The molecule has 0 saturated carbocycles. The number of benzene rings is 1. The Kier molecular flexibility index (Phi) is 4.56. The van der Waals surface area contributed by atoms with Crippen LogP contribution in [0, 0.1) is 5.92 Å². The first kappa shape index (κ1) is 14.0. The molecule has 0 aromatic heterocycles. The van der Waals surface area contributed by atoms with Gasteiger partial charge in [-0.2, -0.15) is 0 Å². The van der Waals surface area contributed by atoms with Crippen LogP contribution in [0.15, 0.2) is 30.3 Å². The molecule has 0 aliphatic carbocycles. The summed E-state index contributed by atoms with van der Waals surface area (Å²) in [4.78, 5) is 14.0. The Morgan fingerprint density at radius 1 is 1.42 bits per heavy atom. The number of esters is 1. The number of aliphatic hydroxyl groups is 1. The van der Waals surface area contributed by atoms with Gasteiger partial charge >= 0.3 is 5.97 Å². The normalized spacial score (nSPS) is 28.1. The second-order valence-corrected chi connectivity index (χ2v) is 5.10. The van der Waals surface area contributed by atoms with Gasteiger partial charge in [-0.1, -0.05) is 30.3 Å². The van der Waals surface area contributed by atoms with E-state index in [4.69, 9.17) is 4.74 Å². The Morgan fingerprint density at radius 2 is 2.11 bits per heavy atom. The summed E-state index contributed by atoms with van der Waals surface area (Å²) in [7, 11) is 1.37. The van der Waals surface area contributed by atoms with Crippen molar-refractivity contribution in [2.45, 2.75) is 32.0 Å². The first-order chi connectivity index (χ1) is 9.13. The number of hydrogen-bond acceptors (Lipinski definition) is 4. The molecule has 0 spiro atoms. The van der Waals surface area contributed by atoms with E-state index in [1.807, 2.05) is 25.1 Å². The monoisotopic (exact) mass is 263 g/mol. The first-order valence-corrected chi connectivity index (χ1v) is 6.67. The van der Waals surface area contributed by atoms with Gasteiger partial charge in [0, 0.05) is 19.1 Å². The Labute approximate surface area is 114 Å². The predicted molar refractivity (Wildman–Crippen MR) is 72.4 cm³/mol. The molecule has 3 atom stereocenters. The standard InChI is InChI=1S/C15H21NO3/c1-11-14(15(18)19-2)13(17)8-9-16(11)10-12-6-4-3-5-7-12/h3-7,11,13-14,17H,8-10H2,1-2H3/t11-,13-,14+/m1/s1. The summed E-state index contributed by atoms with van der Waals surface area (Å²) in [6.07, 6.45) is 0.00574. The quantitative estimate of drug-likeness (QED) is 0.838. The highest BCUT2D eigenvalue weighted by Gasteiger charge is 2.39. The van der Waals surface area contributed by atoms with E-state index in [1.165, 1.54) is 12.7 Å². The smallest absolute Gasteiger partial charge is 0.312 e. The summed E-state index contributed by atoms with van der Waals surface area (Å²) in [5.74, 6) is -0.778. The zero-order valence-electron chi connectivity index (χ0n) is 11.5. The molecule has 0 radical (unpaired) electrons. The van der Waals surface area contributed by atoms with Crippen molar-refractivity contribution in [3.05, 3.63) is 35.9 Å². The first-order valence-electron chi connectivity index (χ1n) is 6.67. The van der Waals surface area contributed by atoms with Gasteiger partial charge in [-0.3, -0.25) is 9.69 Å². The van der Waals surface area contributed by atoms with E-state index in [-0.39, 0.29) is 12.0 Å². The minimum atomic E-state index is -0.602. The van der Waals surface area contributed by atoms with E-state index in [0.29, 0.717) is 6.42 Å². The van der Waals surface area contributed by atoms with Crippen LogP contribution >= 0.6 is 0 Å². The molecule has 1 saturated heterocycles. The molecule has 0 bridgehead atoms. The van der Waals surface area contributed by atoms with E-state index in [1.54, 1.807) is 0 Å². The average Bonchev–Trinajstić information content (AvgIpc) is 2.43. The number of carbonyl (C=O) groups is 1. The molecule has 0 unspecified atom stereocenters. The lowest BCUT2D eigenvalue weighted by Gasteiger charge is -2.40. The van der Waals surface area contributed by atoms with Crippen LogP contribution in [0.5, 0.6) is 0 Å². The van der Waals surface area contributed by atoms with Gasteiger partial charge < -0.3 is 9.84 Å². The van der Waals surface area contributed by atoms with Gasteiger partial charge in [-0.05, 0) is 18.9 Å². The summed E-state index contributed by atoms with van der Waals surface area (Å²) < 4.78 is 4.80. The highest BCUT2D eigenvalue weighted by atomic mass is 16.5. The van der Waals surface area contributed by atoms with Crippen LogP contribution in [0.4, 0.5) is 0 Å². The fourth-order valence-electron chi connectivity index (χ4n) is 2.76. The second kappa shape index (κ2) is 6.17. The van der Waals surface area contributed by atoms with Crippen molar-refractivity contribution < 1.29 is 14.6 Å². The minimum absolute atomic E-state index is 0.0172. The van der Waals surface area contributed by atoms with Crippen LogP contribution in [0.2, 0.25) is 0 Å². The number of rotatable bonds is 3. The number of piperidine rings is 1. The van der Waals surface area contributed by atoms with E-state index in [0.717, 1.165) is 13.1 Å². The molecule has 1 fully saturated rings. The molecular weight excluding hydrogens is 242 g/mol. The van der Waals surface area contributed by atoms with Gasteiger partial charge in [0.15, 0.2) is 0 Å². The van der Waals surface area contributed by atoms with Gasteiger partial charge in [0.05, 0.1) is 19.1 Å². The highest BCUT2D eigenvalue weighted by molar-refractivity contribution is 5.74. The lowest BCUT2D eigenvalue weighted by molar-refractivity contribution is -0.156. The van der Waals surface area contributed by atoms with Crippen LogP contribution in [-0.4, -0.2) is 41.8 Å². The molecule has 0 amide bonds. The van der Waals surface area contributed by atoms with Gasteiger partial charge in [-0.15, -0.1) is 0 Å². The molecule has 4 nitrogen and oxygen atoms in total. The number of likely N-dealkylation sites (tertiary alicyclic amines) is 1. The van der Waals surface area contributed by atoms with Crippen molar-refractivity contribution >= 4 is 5.97 Å². The third-order valence-corrected chi connectivity index (χ3v) is 3.92. The molecule has 1 aliphatic rings. The Morgan fingerprint density at radius 3 is 2.74 bits per heavy atom. The third-order valence-electron chi connectivity index (χ3n) is 3.92. The van der Waals surface area contributed by atoms with Crippen molar-refractivity contribution in [1.82, 2.24) is 4.90 Å². The summed E-state index contributed by atoms with van der Waals surface area (Å²) in [5, 5.41) is 10.00. The van der Waals surface area contributed by atoms with E-state index in [9.17, 15) is 9.90 Å². The number of hydrogen-bond donors (Lipinski definition) is 1. The second-order valence-electron chi connectivity index (χ2n) is 5.10. The van der Waals surface area contributed by atoms with Crippen molar-refractivity contribution in [3.63, 3.8) is 0 Å². The maximum atomic E-state index is 11.8. The van der Waals surface area contributed by atoms with Gasteiger partial charge in [0.1, 0.15) is 0 Å². The molecule has 1 aliphatic heterocycles. The van der Waals surface area contributed by atoms with Crippen molar-refractivity contribution in [2.24, 2.45) is 5.92 Å². The van der Waals surface area contributed by atoms with Crippen molar-refractivity contribution in [1.29, 1.82) is 0 Å². The minimum Gasteiger partial charge on any atom is -0.469 e. The molecule has 1 N–H and O–H groups in total. The summed E-state index contributed by atoms with van der Waals surface area (Å²) in [5.41, 5.74) is 1.22. The van der Waals surface area contributed by atoms with Crippen LogP contribution in [-0.2, 0) is 16.1 Å². The number of methoxy groups -OCH3 is 1. The van der Waals surface area contributed by atoms with Gasteiger partial charge in [0.25, 0.3) is 0 Å². The molecule has 1 heterocycles. The molecular formula is C15H21NO3. The molecule has 4 heteroatoms. The Bertz CT molecular complexity index is 421. The van der Waals surface area contributed by atoms with Crippen LogP contribution in [0.1, 0.15) is 18.9 Å². The lowest BCUT2D eigenvalue weighted by atomic mass is 9.87. The molecule has 1 aromatic carbocycles. The molecule has 19 heavy (non-hydrogen) atoms. The number of aliphatic hydroxyl groups excluding tert-OH is 1. The van der Waals surface area contributed by atoms with Crippen molar-refractivity contribution in [3.8, 4) is 0 Å². The lowest BCUT2D eigenvalue weighted by Crippen LogP contribution is -2.52. The SMILES string of the molecule is COC(=O)[C@@H]1[C@H](O)CCN(Cc2ccccc2)[C@@H]1C. The molecule has 104 valence electrons. The maximum Gasteiger partial charge on any atom is 0.312 e. The summed E-state index contributed by atoms with van der Waals surface area (Å²) >= 11 is 0. The number of ether oxygens (including phenoxy) is 1. The zero-order chi connectivity index (χ0) is 13.8. The fraction of sp³-hybridized carbons (Fsp3) is 0.533. The summed E-state index contributed by atoms with van der Waals surface area (Å²) in [6.45, 7) is 3.57. The molecule has 1 aromatic rings. The van der Waals surface area contributed by atoms with E-state index < -0.39 is 12.0 Å². The zero-order valence-corrected chi connectivity index (χ0v) is 11.5. The van der Waals surface area contributed by atoms with Gasteiger partial charge in [-0.25, -0.2) is 0 Å². The van der Waals surface area contributed by atoms with Crippen LogP contribution in [0.3, 0.4) is 0 Å². The van der Waals surface area contributed by atoms with Crippen LogP contribution in [0.25, 0.3) is 0 Å². The highest BCUT2D eigenvalue weighted by Crippen LogP contribution is 2.26. The topological polar surface area (TPSA) is 49.8 Å². The largest absolute Gasteiger partial charge is 0.469 e. The Hall–Kier alpha value is -1.39. The maximum absolute atomic E-state index is 11.8.